The predicted octanol–water partition coefficient (Wildman–Crippen LogP) is 3.23. The summed E-state index contributed by atoms with van der Waals surface area (Å²) in [6.07, 6.45) is 2.23. The number of hydrogen-bond donors (Lipinski definition) is 1. The average molecular weight is 509 g/mol. The normalized spacial score (nSPS) is 28.8. The predicted molar refractivity (Wildman–Crippen MR) is 137 cm³/mol. The topological polar surface area (TPSA) is 106 Å². The van der Waals surface area contributed by atoms with Crippen molar-refractivity contribution >= 4 is 28.9 Å². The average Bonchev–Trinajstić information content (AvgIpc) is 3.71. The smallest absolute Gasteiger partial charge is 0.226 e. The number of thiazole rings is 1. The van der Waals surface area contributed by atoms with Gasteiger partial charge in [0, 0.05) is 18.4 Å². The molecule has 1 aromatic carbocycles. The third kappa shape index (κ3) is 5.11. The van der Waals surface area contributed by atoms with Crippen LogP contribution in [-0.4, -0.2) is 51.3 Å². The Hall–Kier alpha value is -2.58. The van der Waals surface area contributed by atoms with E-state index in [2.05, 4.69) is 16.9 Å². The number of Topliss-reactive ketones (excluding diaryl/α,β-unsaturated/α-hetero) is 1. The van der Waals surface area contributed by atoms with E-state index in [1.165, 1.54) is 0 Å². The molecule has 3 fully saturated rings. The fraction of sp³-hybridized carbons (Fsp3) is 0.571. The maximum atomic E-state index is 13.6. The summed E-state index contributed by atoms with van der Waals surface area (Å²) in [5, 5.41) is 23.4. The number of aliphatic hydroxyl groups is 1. The van der Waals surface area contributed by atoms with Crippen molar-refractivity contribution in [3.63, 3.8) is 0 Å². The quantitative estimate of drug-likeness (QED) is 0.414. The molecule has 1 aromatic heterocycles. The van der Waals surface area contributed by atoms with Gasteiger partial charge in [-0.3, -0.25) is 14.6 Å². The molecule has 1 N–H and O–H groups in total. The lowest BCUT2D eigenvalue weighted by Crippen LogP contribution is -2.48. The molecule has 1 saturated heterocycles. The number of likely N-dealkylation sites (tertiary alicyclic amines) is 1. The number of benzene rings is 1. The molecule has 3 unspecified atom stereocenters. The van der Waals surface area contributed by atoms with Gasteiger partial charge in [0.25, 0.3) is 0 Å². The fourth-order valence-electron chi connectivity index (χ4n) is 5.98. The van der Waals surface area contributed by atoms with Crippen LogP contribution in [0.25, 0.3) is 10.4 Å². The van der Waals surface area contributed by atoms with Crippen LogP contribution in [0.3, 0.4) is 0 Å². The molecule has 6 atom stereocenters. The highest BCUT2D eigenvalue weighted by Crippen LogP contribution is 2.53. The Kier molecular flexibility index (Phi) is 7.01. The van der Waals surface area contributed by atoms with E-state index in [0.29, 0.717) is 18.3 Å². The summed E-state index contributed by atoms with van der Waals surface area (Å²) in [5.74, 6) is 0.579. The van der Waals surface area contributed by atoms with E-state index in [0.717, 1.165) is 34.5 Å². The van der Waals surface area contributed by atoms with Gasteiger partial charge in [0.05, 0.1) is 34.8 Å². The Morgan fingerprint density at radius 2 is 2.00 bits per heavy atom. The minimum atomic E-state index is -0.718. The van der Waals surface area contributed by atoms with Crippen molar-refractivity contribution in [3.05, 3.63) is 41.0 Å². The highest BCUT2D eigenvalue weighted by Gasteiger charge is 2.53. The second-order valence-electron chi connectivity index (χ2n) is 10.9. The van der Waals surface area contributed by atoms with Crippen LogP contribution in [0.1, 0.15) is 50.8 Å². The molecule has 192 valence electrons. The van der Waals surface area contributed by atoms with Crippen molar-refractivity contribution < 1.29 is 19.8 Å². The molecule has 1 aliphatic heterocycles. The Morgan fingerprint density at radius 1 is 1.28 bits per heavy atom. The largest absolute Gasteiger partial charge is 0.861 e. The summed E-state index contributed by atoms with van der Waals surface area (Å²) in [5.41, 5.74) is 4.83. The van der Waals surface area contributed by atoms with Crippen LogP contribution in [0.15, 0.2) is 34.8 Å². The second-order valence-corrected chi connectivity index (χ2v) is 11.7. The van der Waals surface area contributed by atoms with Gasteiger partial charge in [-0.2, -0.15) is 0 Å². The van der Waals surface area contributed by atoms with Gasteiger partial charge in [-0.1, -0.05) is 31.2 Å². The number of aryl methyl sites for hydroxylation is 1. The summed E-state index contributed by atoms with van der Waals surface area (Å²) >= 11 is 1.60. The summed E-state index contributed by atoms with van der Waals surface area (Å²) < 4.78 is 0. The van der Waals surface area contributed by atoms with Crippen molar-refractivity contribution in [3.8, 4) is 10.4 Å². The van der Waals surface area contributed by atoms with E-state index >= 15 is 0 Å². The number of β-amino-alcohol motifs (C(OH)–C–C–N with tert-alkyl or cyclic N) is 1. The number of hydrogen-bond acceptors (Lipinski definition) is 7. The van der Waals surface area contributed by atoms with Crippen LogP contribution >= 0.6 is 11.3 Å². The van der Waals surface area contributed by atoms with Crippen molar-refractivity contribution in [2.45, 2.75) is 65.1 Å². The van der Waals surface area contributed by atoms with Crippen molar-refractivity contribution in [1.82, 2.24) is 9.88 Å². The third-order valence-electron chi connectivity index (χ3n) is 8.29. The van der Waals surface area contributed by atoms with Gasteiger partial charge in [-0.05, 0) is 74.3 Å². The van der Waals surface area contributed by atoms with Gasteiger partial charge in [-0.15, -0.1) is 11.3 Å². The number of aliphatic imine (C=N–C) groups is 1. The number of rotatable bonds is 9. The van der Waals surface area contributed by atoms with Crippen molar-refractivity contribution in [2.24, 2.45) is 34.6 Å². The zero-order chi connectivity index (χ0) is 25.6. The fourth-order valence-corrected chi connectivity index (χ4v) is 6.80. The standard InChI is InChI=1S/C28H35N3O4S/c1-15-22(25(15)17(3)32)11-23(19-8-9-19)28(35)31-13-21(33)10-24(31)27(34)29-12-18-4-6-20(7-5-18)26-16(2)30-14-36-26/h4-7,14-15,19,21-25,33H,8-13H2,1-3H3,(H,29,34)/p-1/t15?,21-,22?,23+,24+,25?/m1/s1. The molecule has 3 aliphatic rings. The highest BCUT2D eigenvalue weighted by atomic mass is 32.1. The Morgan fingerprint density at radius 3 is 2.58 bits per heavy atom. The van der Waals surface area contributed by atoms with Gasteiger partial charge in [0.2, 0.25) is 5.91 Å². The number of carbonyl (C=O) groups excluding carboxylic acids is 2. The van der Waals surface area contributed by atoms with Gasteiger partial charge in [0.15, 0.2) is 0 Å². The summed E-state index contributed by atoms with van der Waals surface area (Å²) in [4.78, 5) is 36.8. The number of nitrogens with zero attached hydrogens (tertiary/aromatic N) is 3. The monoisotopic (exact) mass is 508 g/mol. The van der Waals surface area contributed by atoms with E-state index in [1.807, 2.05) is 36.7 Å². The molecule has 0 bridgehead atoms. The minimum Gasteiger partial charge on any atom is -0.861 e. The molecule has 2 saturated carbocycles. The van der Waals surface area contributed by atoms with Crippen molar-refractivity contribution in [1.29, 1.82) is 0 Å². The molecule has 2 aromatic rings. The number of carbonyl (C=O) groups is 2. The van der Waals surface area contributed by atoms with E-state index in [-0.39, 0.29) is 54.9 Å². The van der Waals surface area contributed by atoms with E-state index in [4.69, 9.17) is 0 Å². The third-order valence-corrected chi connectivity index (χ3v) is 9.27. The van der Waals surface area contributed by atoms with Gasteiger partial charge in [-0.25, -0.2) is 4.98 Å². The summed E-state index contributed by atoms with van der Waals surface area (Å²) in [6.45, 7) is 6.11. The van der Waals surface area contributed by atoms with Gasteiger partial charge >= 0.3 is 0 Å². The Labute approximate surface area is 216 Å². The van der Waals surface area contributed by atoms with Crippen molar-refractivity contribution in [2.75, 3.05) is 6.54 Å². The molecule has 2 aliphatic carbocycles. The van der Waals surface area contributed by atoms with Crippen LogP contribution in [0.4, 0.5) is 0 Å². The first-order valence-electron chi connectivity index (χ1n) is 12.9. The second kappa shape index (κ2) is 10.1. The zero-order valence-corrected chi connectivity index (χ0v) is 21.9. The molecule has 7 nitrogen and oxygen atoms in total. The summed E-state index contributed by atoms with van der Waals surface area (Å²) in [6, 6.07) is 7.23. The lowest BCUT2D eigenvalue weighted by atomic mass is 9.93. The lowest BCUT2D eigenvalue weighted by Gasteiger charge is -2.32. The van der Waals surface area contributed by atoms with Crippen LogP contribution in [-0.2, 0) is 16.1 Å². The molecule has 5 rings (SSSR count). The van der Waals surface area contributed by atoms with E-state index in [1.54, 1.807) is 23.2 Å². The molecular formula is C28H34N3O4S-. The number of amides is 1. The molecule has 0 radical (unpaired) electrons. The van der Waals surface area contributed by atoms with E-state index in [9.17, 15) is 19.8 Å². The molecule has 36 heavy (non-hydrogen) atoms. The molecule has 8 heteroatoms. The maximum Gasteiger partial charge on any atom is 0.226 e. The number of aromatic nitrogens is 1. The number of ketones is 1. The van der Waals surface area contributed by atoms with E-state index < -0.39 is 12.1 Å². The van der Waals surface area contributed by atoms with Crippen LogP contribution in [0.5, 0.6) is 0 Å². The molecular weight excluding hydrogens is 474 g/mol. The molecule has 2 heterocycles. The zero-order valence-electron chi connectivity index (χ0n) is 21.1. The van der Waals surface area contributed by atoms with Gasteiger partial charge in [0.1, 0.15) is 5.78 Å². The summed E-state index contributed by atoms with van der Waals surface area (Å²) in [7, 11) is 0. The van der Waals surface area contributed by atoms with Crippen LogP contribution in [0, 0.1) is 36.5 Å². The SMILES string of the molecule is CC(=O)C1C(C)C1C[C@H](C(=O)N1C[C@H](O)C[C@H]1C([O-])=NCc1ccc(-c2scnc2C)cc1)C1CC1. The first-order valence-corrected chi connectivity index (χ1v) is 13.8. The first kappa shape index (κ1) is 25.1. The molecule has 1 amide bonds. The Balaban J connectivity index is 1.26. The highest BCUT2D eigenvalue weighted by molar-refractivity contribution is 7.13. The molecule has 0 spiro atoms. The Bertz CT molecular complexity index is 1160. The first-order chi connectivity index (χ1) is 17.2. The number of aliphatic hydroxyl groups excluding tert-OH is 1. The van der Waals surface area contributed by atoms with Crippen LogP contribution < -0.4 is 5.11 Å². The maximum absolute atomic E-state index is 13.6. The van der Waals surface area contributed by atoms with Gasteiger partial charge < -0.3 is 15.1 Å². The lowest BCUT2D eigenvalue weighted by molar-refractivity contribution is -0.224. The minimum absolute atomic E-state index is 0.0479. The van der Waals surface area contributed by atoms with Crippen LogP contribution in [0.2, 0.25) is 0 Å².